The van der Waals surface area contributed by atoms with Crippen molar-refractivity contribution in [3.05, 3.63) is 86.8 Å². The second-order valence-electron chi connectivity index (χ2n) is 7.92. The molecule has 0 fully saturated rings. The Morgan fingerprint density at radius 3 is 2.94 bits per heavy atom. The number of carbonyl (C=O) groups is 1. The molecule has 160 valence electrons. The van der Waals surface area contributed by atoms with Crippen LogP contribution in [0.3, 0.4) is 0 Å². The fourth-order valence-electron chi connectivity index (χ4n) is 4.66. The zero-order valence-corrected chi connectivity index (χ0v) is 19.3. The van der Waals surface area contributed by atoms with Crippen LogP contribution in [0.15, 0.2) is 70.2 Å². The maximum atomic E-state index is 13.5. The van der Waals surface area contributed by atoms with Crippen molar-refractivity contribution in [2.45, 2.75) is 18.2 Å². The molecule has 6 nitrogen and oxygen atoms in total. The quantitative estimate of drug-likeness (QED) is 0.497. The first-order valence-electron chi connectivity index (χ1n) is 10.1. The molecule has 0 radical (unpaired) electrons. The van der Waals surface area contributed by atoms with Gasteiger partial charge in [0.15, 0.2) is 0 Å². The van der Waals surface area contributed by atoms with Crippen molar-refractivity contribution in [2.24, 2.45) is 5.10 Å². The summed E-state index contributed by atoms with van der Waals surface area (Å²) in [6.07, 6.45) is 0.616. The van der Waals surface area contributed by atoms with Gasteiger partial charge in [-0.1, -0.05) is 39.7 Å². The average Bonchev–Trinajstić information content (AvgIpc) is 3.36. The molecule has 3 aliphatic rings. The van der Waals surface area contributed by atoms with Crippen LogP contribution in [0.4, 0.5) is 5.69 Å². The summed E-state index contributed by atoms with van der Waals surface area (Å²) >= 11 is 9.89. The molecule has 1 spiro atoms. The molecule has 1 N–H and O–H groups in total. The highest BCUT2D eigenvalue weighted by molar-refractivity contribution is 9.10. The van der Waals surface area contributed by atoms with Crippen molar-refractivity contribution in [2.75, 3.05) is 12.4 Å². The van der Waals surface area contributed by atoms with Crippen LogP contribution in [0.1, 0.15) is 29.2 Å². The van der Waals surface area contributed by atoms with E-state index in [2.05, 4.69) is 21.2 Å². The van der Waals surface area contributed by atoms with Crippen LogP contribution in [0.5, 0.6) is 11.5 Å². The molecule has 0 saturated heterocycles. The van der Waals surface area contributed by atoms with E-state index < -0.39 is 5.72 Å². The summed E-state index contributed by atoms with van der Waals surface area (Å²) in [4.78, 5) is 13.5. The minimum absolute atomic E-state index is 0.187. The number of benzene rings is 3. The van der Waals surface area contributed by atoms with Crippen LogP contribution >= 0.6 is 27.5 Å². The van der Waals surface area contributed by atoms with Gasteiger partial charge < -0.3 is 14.8 Å². The van der Waals surface area contributed by atoms with E-state index in [0.29, 0.717) is 28.4 Å². The number of nitrogens with one attached hydrogen (secondary N) is 1. The Labute approximate surface area is 197 Å². The second kappa shape index (κ2) is 6.98. The number of nitrogens with zero attached hydrogens (tertiary/aromatic N) is 2. The Kier molecular flexibility index (Phi) is 4.29. The number of hydrazone groups is 1. The van der Waals surface area contributed by atoms with E-state index in [1.54, 1.807) is 30.3 Å². The summed E-state index contributed by atoms with van der Waals surface area (Å²) in [6.45, 7) is 0. The lowest BCUT2D eigenvalue weighted by Gasteiger charge is -2.44. The van der Waals surface area contributed by atoms with Gasteiger partial charge in [-0.2, -0.15) is 5.10 Å². The van der Waals surface area contributed by atoms with Gasteiger partial charge >= 0.3 is 5.72 Å². The summed E-state index contributed by atoms with van der Waals surface area (Å²) < 4.78 is 12.8. The van der Waals surface area contributed by atoms with Crippen LogP contribution in [0, 0.1) is 0 Å². The van der Waals surface area contributed by atoms with E-state index in [-0.39, 0.29) is 11.9 Å². The SMILES string of the molecule is COc1cccc(C2=NN3C(C2)c2cc(Br)ccc2OC32C(=O)Nc3ccc(Cl)cc32)c1. The zero-order valence-electron chi connectivity index (χ0n) is 16.9. The fourth-order valence-corrected chi connectivity index (χ4v) is 5.21. The number of hydrogen-bond donors (Lipinski definition) is 1. The molecule has 6 rings (SSSR count). The normalized spacial score (nSPS) is 22.6. The van der Waals surface area contributed by atoms with Crippen molar-refractivity contribution < 1.29 is 14.3 Å². The van der Waals surface area contributed by atoms with Gasteiger partial charge in [0.1, 0.15) is 11.5 Å². The van der Waals surface area contributed by atoms with Crippen LogP contribution in [-0.2, 0) is 10.5 Å². The molecule has 0 bridgehead atoms. The third-order valence-electron chi connectivity index (χ3n) is 6.13. The van der Waals surface area contributed by atoms with Crippen LogP contribution < -0.4 is 14.8 Å². The van der Waals surface area contributed by atoms with E-state index in [1.807, 2.05) is 42.5 Å². The second-order valence-corrected chi connectivity index (χ2v) is 9.27. The van der Waals surface area contributed by atoms with Crippen LogP contribution in [0.25, 0.3) is 0 Å². The first kappa shape index (κ1) is 19.6. The molecule has 1 amide bonds. The summed E-state index contributed by atoms with van der Waals surface area (Å²) in [7, 11) is 1.64. The lowest BCUT2D eigenvalue weighted by molar-refractivity contribution is -0.161. The Balaban J connectivity index is 1.57. The molecule has 32 heavy (non-hydrogen) atoms. The topological polar surface area (TPSA) is 63.2 Å². The number of halogens is 2. The molecular weight excluding hydrogens is 494 g/mol. The summed E-state index contributed by atoms with van der Waals surface area (Å²) in [5, 5.41) is 10.2. The number of rotatable bonds is 2. The van der Waals surface area contributed by atoms with Gasteiger partial charge in [-0.25, -0.2) is 5.01 Å². The van der Waals surface area contributed by atoms with E-state index in [1.165, 1.54) is 0 Å². The van der Waals surface area contributed by atoms with Gasteiger partial charge in [-0.3, -0.25) is 4.79 Å². The number of ether oxygens (including phenoxy) is 2. The molecule has 3 aliphatic heterocycles. The molecule has 2 atom stereocenters. The van der Waals surface area contributed by atoms with Gasteiger partial charge in [-0.05, 0) is 48.5 Å². The van der Waals surface area contributed by atoms with E-state index in [9.17, 15) is 4.79 Å². The van der Waals surface area contributed by atoms with Crippen LogP contribution in [-0.4, -0.2) is 23.7 Å². The number of amides is 1. The molecule has 0 saturated carbocycles. The monoisotopic (exact) mass is 509 g/mol. The third kappa shape index (κ3) is 2.71. The van der Waals surface area contributed by atoms with Gasteiger partial charge in [0.05, 0.1) is 30.1 Å². The molecule has 3 aromatic rings. The minimum atomic E-state index is -1.44. The Morgan fingerprint density at radius 1 is 1.22 bits per heavy atom. The average molecular weight is 511 g/mol. The van der Waals surface area contributed by atoms with Crippen molar-refractivity contribution in [1.82, 2.24) is 5.01 Å². The maximum absolute atomic E-state index is 13.5. The predicted octanol–water partition coefficient (Wildman–Crippen LogP) is 5.46. The number of anilines is 1. The highest BCUT2D eigenvalue weighted by Crippen LogP contribution is 2.54. The predicted molar refractivity (Wildman–Crippen MR) is 125 cm³/mol. The van der Waals surface area contributed by atoms with E-state index in [0.717, 1.165) is 27.1 Å². The van der Waals surface area contributed by atoms with Gasteiger partial charge in [-0.15, -0.1) is 0 Å². The molecule has 8 heteroatoms. The standard InChI is InChI=1S/C24H17BrClN3O3/c1-31-16-4-2-3-13(9-16)20-12-21-17-10-14(25)5-8-22(17)32-24(29(21)28-20)18-11-15(26)6-7-19(18)27-23(24)30/h2-11,21H,12H2,1H3,(H,27,30). The van der Waals surface area contributed by atoms with E-state index >= 15 is 0 Å². The molecule has 0 aromatic heterocycles. The Bertz CT molecular complexity index is 1330. The minimum Gasteiger partial charge on any atom is -0.497 e. The maximum Gasteiger partial charge on any atom is 0.306 e. The molecule has 3 aromatic carbocycles. The number of fused-ring (bicyclic) bond motifs is 6. The third-order valence-corrected chi connectivity index (χ3v) is 6.86. The van der Waals surface area contributed by atoms with Crippen LogP contribution in [0.2, 0.25) is 5.02 Å². The lowest BCUT2D eigenvalue weighted by Crippen LogP contribution is -2.55. The van der Waals surface area contributed by atoms with E-state index in [4.69, 9.17) is 26.2 Å². The van der Waals surface area contributed by atoms with Crippen molar-refractivity contribution >= 4 is 44.8 Å². The fraction of sp³-hybridized carbons (Fsp3) is 0.167. The smallest absolute Gasteiger partial charge is 0.306 e. The number of methoxy groups -OCH3 is 1. The summed E-state index contributed by atoms with van der Waals surface area (Å²) in [5.74, 6) is 1.11. The highest BCUT2D eigenvalue weighted by Gasteiger charge is 2.61. The Hall–Kier alpha value is -3.03. The molecule has 0 aliphatic carbocycles. The lowest BCUT2D eigenvalue weighted by atomic mass is 9.92. The first-order chi connectivity index (χ1) is 15.5. The molecule has 3 heterocycles. The number of carbonyl (C=O) groups excluding carboxylic acids is 1. The number of hydrogen-bond acceptors (Lipinski definition) is 5. The largest absolute Gasteiger partial charge is 0.497 e. The van der Waals surface area contributed by atoms with Gasteiger partial charge in [0.2, 0.25) is 0 Å². The zero-order chi connectivity index (χ0) is 22.0. The Morgan fingerprint density at radius 2 is 2.09 bits per heavy atom. The first-order valence-corrected chi connectivity index (χ1v) is 11.3. The van der Waals surface area contributed by atoms with Crippen molar-refractivity contribution in [3.63, 3.8) is 0 Å². The molecule has 2 unspecified atom stereocenters. The van der Waals surface area contributed by atoms with Gasteiger partial charge in [0, 0.05) is 27.0 Å². The summed E-state index contributed by atoms with van der Waals surface area (Å²) in [5.41, 5.74) is 2.65. The van der Waals surface area contributed by atoms with Gasteiger partial charge in [0.25, 0.3) is 5.91 Å². The van der Waals surface area contributed by atoms with Crippen molar-refractivity contribution in [3.8, 4) is 11.5 Å². The summed E-state index contributed by atoms with van der Waals surface area (Å²) in [6, 6.07) is 18.7. The van der Waals surface area contributed by atoms with Crippen molar-refractivity contribution in [1.29, 1.82) is 0 Å². The molecular formula is C24H17BrClN3O3. The highest BCUT2D eigenvalue weighted by atomic mass is 79.9.